The third-order valence-electron chi connectivity index (χ3n) is 2.36. The van der Waals surface area contributed by atoms with E-state index in [0.29, 0.717) is 0 Å². The number of aliphatic carboxylic acids is 1. The van der Waals surface area contributed by atoms with Gasteiger partial charge in [0.1, 0.15) is 6.04 Å². The summed E-state index contributed by atoms with van der Waals surface area (Å²) in [5.41, 5.74) is 2.05. The Hall–Kier alpha value is -0.350. The summed E-state index contributed by atoms with van der Waals surface area (Å²) in [5, 5.41) is 11.9. The molecule has 0 radical (unpaired) electrons. The van der Waals surface area contributed by atoms with Crippen molar-refractivity contribution in [2.75, 3.05) is 6.54 Å². The van der Waals surface area contributed by atoms with E-state index >= 15 is 0 Å². The van der Waals surface area contributed by atoms with Crippen LogP contribution in [0.2, 0.25) is 0 Å². The van der Waals surface area contributed by atoms with Gasteiger partial charge in [0.25, 0.3) is 0 Å². The van der Waals surface area contributed by atoms with E-state index in [0.717, 1.165) is 24.1 Å². The van der Waals surface area contributed by atoms with E-state index < -0.39 is 12.0 Å². The smallest absolute Gasteiger partial charge is 1.00 e. The number of hydrogen-bond acceptors (Lipinski definition) is 2. The molecule has 2 rings (SSSR count). The molecular formula is C10H12NNaO2. The van der Waals surface area contributed by atoms with Crippen molar-refractivity contribution in [1.29, 1.82) is 0 Å². The van der Waals surface area contributed by atoms with Crippen LogP contribution in [0.15, 0.2) is 24.3 Å². The molecule has 1 aliphatic heterocycles. The van der Waals surface area contributed by atoms with Crippen LogP contribution in [0.3, 0.4) is 0 Å². The number of hydrogen-bond donors (Lipinski definition) is 2. The van der Waals surface area contributed by atoms with Crippen LogP contribution in [0.1, 0.15) is 18.6 Å². The Morgan fingerprint density at radius 3 is 2.93 bits per heavy atom. The zero-order valence-electron chi connectivity index (χ0n) is 9.16. The molecule has 0 amide bonds. The van der Waals surface area contributed by atoms with E-state index in [2.05, 4.69) is 5.32 Å². The first-order valence-corrected chi connectivity index (χ1v) is 4.33. The largest absolute Gasteiger partial charge is 1.00 e. The maximum atomic E-state index is 10.9. The molecule has 1 atom stereocenters. The van der Waals surface area contributed by atoms with Gasteiger partial charge in [0.2, 0.25) is 0 Å². The third kappa shape index (κ3) is 2.17. The first-order chi connectivity index (χ1) is 6.29. The van der Waals surface area contributed by atoms with Gasteiger partial charge in [0.15, 0.2) is 0 Å². The van der Waals surface area contributed by atoms with Crippen LogP contribution in [-0.4, -0.2) is 17.6 Å². The van der Waals surface area contributed by atoms with E-state index in [1.54, 1.807) is 0 Å². The van der Waals surface area contributed by atoms with Gasteiger partial charge in [-0.15, -0.1) is 0 Å². The van der Waals surface area contributed by atoms with Gasteiger partial charge in [0.05, 0.1) is 0 Å². The van der Waals surface area contributed by atoms with E-state index in [-0.39, 0.29) is 31.0 Å². The molecule has 0 saturated heterocycles. The summed E-state index contributed by atoms with van der Waals surface area (Å²) in [4.78, 5) is 10.9. The van der Waals surface area contributed by atoms with Crippen molar-refractivity contribution in [3.63, 3.8) is 0 Å². The van der Waals surface area contributed by atoms with Crippen LogP contribution >= 0.6 is 0 Å². The number of carboxylic acid groups (broad SMARTS) is 1. The summed E-state index contributed by atoms with van der Waals surface area (Å²) < 4.78 is 0. The second-order valence-electron chi connectivity index (χ2n) is 3.17. The fourth-order valence-electron chi connectivity index (χ4n) is 1.72. The number of carbonyl (C=O) groups is 1. The van der Waals surface area contributed by atoms with Gasteiger partial charge in [-0.1, -0.05) is 24.3 Å². The summed E-state index contributed by atoms with van der Waals surface area (Å²) in [6.45, 7) is 0.744. The molecule has 70 valence electrons. The maximum Gasteiger partial charge on any atom is 1.00 e. The number of benzene rings is 1. The minimum atomic E-state index is -0.799. The SMILES string of the molecule is O=C(O)[C@H]1NCCc2ccccc21.[H-].[Na+]. The molecule has 0 aliphatic carbocycles. The molecule has 2 N–H and O–H groups in total. The number of fused-ring (bicyclic) bond motifs is 1. The molecule has 0 spiro atoms. The molecule has 0 bridgehead atoms. The number of rotatable bonds is 1. The summed E-state index contributed by atoms with van der Waals surface area (Å²) in [6, 6.07) is 7.17. The Bertz CT molecular complexity index is 346. The fourth-order valence-corrected chi connectivity index (χ4v) is 1.72. The van der Waals surface area contributed by atoms with Crippen LogP contribution in [0.4, 0.5) is 0 Å². The molecule has 0 aromatic heterocycles. The Morgan fingerprint density at radius 2 is 2.21 bits per heavy atom. The average Bonchev–Trinajstić information content (AvgIpc) is 2.17. The molecule has 1 heterocycles. The van der Waals surface area contributed by atoms with Crippen molar-refractivity contribution >= 4 is 5.97 Å². The quantitative estimate of drug-likeness (QED) is 0.520. The number of nitrogens with one attached hydrogen (secondary N) is 1. The summed E-state index contributed by atoms with van der Waals surface area (Å²) in [6.07, 6.45) is 0.917. The fraction of sp³-hybridized carbons (Fsp3) is 0.300. The third-order valence-corrected chi connectivity index (χ3v) is 2.36. The topological polar surface area (TPSA) is 49.3 Å². The van der Waals surface area contributed by atoms with Crippen molar-refractivity contribution < 1.29 is 40.9 Å². The second kappa shape index (κ2) is 4.94. The predicted molar refractivity (Wildman–Crippen MR) is 49.6 cm³/mol. The molecule has 0 fully saturated rings. The van der Waals surface area contributed by atoms with Gasteiger partial charge >= 0.3 is 35.5 Å². The second-order valence-corrected chi connectivity index (χ2v) is 3.17. The molecule has 1 aliphatic rings. The molecule has 0 unspecified atom stereocenters. The summed E-state index contributed by atoms with van der Waals surface area (Å²) in [7, 11) is 0. The normalized spacial score (nSPS) is 19.3. The van der Waals surface area contributed by atoms with Gasteiger partial charge in [-0.25, -0.2) is 0 Å². The van der Waals surface area contributed by atoms with Gasteiger partial charge in [-0.2, -0.15) is 0 Å². The Balaban J connectivity index is 0.000000980. The predicted octanol–water partition coefficient (Wildman–Crippen LogP) is -1.93. The summed E-state index contributed by atoms with van der Waals surface area (Å²) >= 11 is 0. The zero-order valence-corrected chi connectivity index (χ0v) is 10.2. The van der Waals surface area contributed by atoms with Crippen LogP contribution in [-0.2, 0) is 11.2 Å². The molecular weight excluding hydrogens is 189 g/mol. The minimum absolute atomic E-state index is 0. The average molecular weight is 201 g/mol. The van der Waals surface area contributed by atoms with E-state index in [1.165, 1.54) is 0 Å². The Labute approximate surface area is 106 Å². The van der Waals surface area contributed by atoms with E-state index in [9.17, 15) is 4.79 Å². The van der Waals surface area contributed by atoms with Gasteiger partial charge in [0, 0.05) is 6.54 Å². The van der Waals surface area contributed by atoms with Crippen LogP contribution in [0, 0.1) is 0 Å². The first-order valence-electron chi connectivity index (χ1n) is 4.33. The van der Waals surface area contributed by atoms with E-state index in [1.807, 2.05) is 24.3 Å². The van der Waals surface area contributed by atoms with Gasteiger partial charge in [-0.05, 0) is 17.5 Å². The molecule has 3 nitrogen and oxygen atoms in total. The van der Waals surface area contributed by atoms with Crippen LogP contribution < -0.4 is 34.9 Å². The Kier molecular flexibility index (Phi) is 4.13. The van der Waals surface area contributed by atoms with Crippen LogP contribution in [0.5, 0.6) is 0 Å². The van der Waals surface area contributed by atoms with Crippen molar-refractivity contribution in [2.45, 2.75) is 12.5 Å². The van der Waals surface area contributed by atoms with Crippen molar-refractivity contribution in [2.24, 2.45) is 0 Å². The molecule has 1 aromatic carbocycles. The molecule has 14 heavy (non-hydrogen) atoms. The van der Waals surface area contributed by atoms with Gasteiger partial charge < -0.3 is 11.8 Å². The number of carboxylic acids is 1. The van der Waals surface area contributed by atoms with Crippen LogP contribution in [0.25, 0.3) is 0 Å². The molecule has 1 aromatic rings. The van der Waals surface area contributed by atoms with Gasteiger partial charge in [-0.3, -0.25) is 4.79 Å². The molecule has 0 saturated carbocycles. The minimum Gasteiger partial charge on any atom is -1.00 e. The zero-order chi connectivity index (χ0) is 9.26. The monoisotopic (exact) mass is 201 g/mol. The standard InChI is InChI=1S/C10H11NO2.Na.H/c12-10(13)9-8-4-2-1-3-7(8)5-6-11-9;;/h1-4,9,11H,5-6H2,(H,12,13);;/q;+1;-1/t9-;;/m0../s1. The van der Waals surface area contributed by atoms with Crippen molar-refractivity contribution in [3.8, 4) is 0 Å². The molecule has 4 heteroatoms. The first kappa shape index (κ1) is 11.7. The Morgan fingerprint density at radius 1 is 1.50 bits per heavy atom. The maximum absolute atomic E-state index is 10.9. The van der Waals surface area contributed by atoms with Crippen molar-refractivity contribution in [1.82, 2.24) is 5.32 Å². The van der Waals surface area contributed by atoms with E-state index in [4.69, 9.17) is 5.11 Å². The summed E-state index contributed by atoms with van der Waals surface area (Å²) in [5.74, 6) is -0.799. The van der Waals surface area contributed by atoms with Crippen molar-refractivity contribution in [3.05, 3.63) is 35.4 Å².